The first kappa shape index (κ1) is 18.4. The van der Waals surface area contributed by atoms with E-state index in [1.54, 1.807) is 30.0 Å². The van der Waals surface area contributed by atoms with Gasteiger partial charge in [0, 0.05) is 17.3 Å². The summed E-state index contributed by atoms with van der Waals surface area (Å²) in [6.07, 6.45) is 1.58. The van der Waals surface area contributed by atoms with E-state index < -0.39 is 0 Å². The van der Waals surface area contributed by atoms with Crippen LogP contribution in [-0.2, 0) is 0 Å². The molecule has 0 aliphatic carbocycles. The molecule has 0 fully saturated rings. The van der Waals surface area contributed by atoms with E-state index in [-0.39, 0.29) is 11.6 Å². The number of nitrogens with zero attached hydrogens (tertiary/aromatic N) is 4. The Balaban J connectivity index is 2.07. The van der Waals surface area contributed by atoms with Crippen LogP contribution in [0, 0.1) is 31.0 Å². The highest BCUT2D eigenvalue weighted by molar-refractivity contribution is 5.92. The zero-order valence-electron chi connectivity index (χ0n) is 16.2. The third-order valence-electron chi connectivity index (χ3n) is 4.99. The van der Waals surface area contributed by atoms with Gasteiger partial charge >= 0.3 is 0 Å². The van der Waals surface area contributed by atoms with Gasteiger partial charge in [-0.25, -0.2) is 14.4 Å². The molecule has 29 heavy (non-hydrogen) atoms. The summed E-state index contributed by atoms with van der Waals surface area (Å²) >= 11 is 0. The maximum atomic E-state index is 13.3. The van der Waals surface area contributed by atoms with Crippen molar-refractivity contribution in [3.63, 3.8) is 0 Å². The number of halogens is 1. The van der Waals surface area contributed by atoms with Crippen LogP contribution < -0.4 is 10.5 Å². The molecule has 0 aliphatic heterocycles. The molecule has 0 spiro atoms. The van der Waals surface area contributed by atoms with Gasteiger partial charge in [-0.1, -0.05) is 6.07 Å². The number of rotatable bonds is 3. The second-order valence-corrected chi connectivity index (χ2v) is 6.70. The number of methoxy groups -OCH3 is 1. The van der Waals surface area contributed by atoms with Gasteiger partial charge in [-0.3, -0.25) is 4.57 Å². The Bertz CT molecular complexity index is 1290. The van der Waals surface area contributed by atoms with Crippen LogP contribution in [0.3, 0.4) is 0 Å². The molecule has 2 N–H and O–H groups in total. The van der Waals surface area contributed by atoms with Crippen molar-refractivity contribution in [1.82, 2.24) is 14.5 Å². The molecule has 0 amide bonds. The topological polar surface area (TPSA) is 89.8 Å². The lowest BCUT2D eigenvalue weighted by Crippen LogP contribution is -2.07. The highest BCUT2D eigenvalue weighted by Gasteiger charge is 2.22. The third kappa shape index (κ3) is 2.86. The highest BCUT2D eigenvalue weighted by atomic mass is 19.1. The predicted molar refractivity (Wildman–Crippen MR) is 109 cm³/mol. The lowest BCUT2D eigenvalue weighted by Gasteiger charge is -2.16. The minimum absolute atomic E-state index is 0.285. The van der Waals surface area contributed by atoms with Crippen LogP contribution in [0.15, 0.2) is 42.6 Å². The van der Waals surface area contributed by atoms with Crippen LogP contribution in [0.4, 0.5) is 10.2 Å². The number of aryl methyl sites for hydroxylation is 1. The fourth-order valence-corrected chi connectivity index (χ4v) is 3.55. The molecule has 0 saturated heterocycles. The lowest BCUT2D eigenvalue weighted by molar-refractivity contribution is 0.411. The number of anilines is 1. The molecular weight excluding hydrogens is 369 g/mol. The Morgan fingerprint density at radius 3 is 2.52 bits per heavy atom. The second-order valence-electron chi connectivity index (χ2n) is 6.70. The molecule has 7 heteroatoms. The molecule has 4 rings (SSSR count). The van der Waals surface area contributed by atoms with Crippen LogP contribution >= 0.6 is 0 Å². The van der Waals surface area contributed by atoms with Crippen LogP contribution in [0.5, 0.6) is 5.75 Å². The first-order valence-electron chi connectivity index (χ1n) is 8.93. The fraction of sp³-hybridized carbons (Fsp3) is 0.136. The van der Waals surface area contributed by atoms with Gasteiger partial charge in [-0.15, -0.1) is 0 Å². The summed E-state index contributed by atoms with van der Waals surface area (Å²) in [5.41, 5.74) is 10.5. The van der Waals surface area contributed by atoms with Crippen molar-refractivity contribution in [2.45, 2.75) is 13.8 Å². The standard InChI is InChI=1S/C22H18FN5O/c1-12-4-9-18(29-3)13(2)19(12)28-20(25)16(10-24)17-11-26-21(27-22(17)28)14-5-7-15(23)8-6-14/h4-9,11H,25H2,1-3H3. The maximum Gasteiger partial charge on any atom is 0.161 e. The van der Waals surface area contributed by atoms with Crippen LogP contribution in [0.1, 0.15) is 16.7 Å². The van der Waals surface area contributed by atoms with Crippen LogP contribution in [0.2, 0.25) is 0 Å². The van der Waals surface area contributed by atoms with E-state index in [1.807, 2.05) is 26.0 Å². The van der Waals surface area contributed by atoms with E-state index in [2.05, 4.69) is 16.0 Å². The largest absolute Gasteiger partial charge is 0.496 e. The van der Waals surface area contributed by atoms with Gasteiger partial charge in [0.25, 0.3) is 0 Å². The van der Waals surface area contributed by atoms with Crippen LogP contribution in [-0.4, -0.2) is 21.6 Å². The van der Waals surface area contributed by atoms with Crippen molar-refractivity contribution >= 4 is 16.9 Å². The van der Waals surface area contributed by atoms with Crippen molar-refractivity contribution in [3.8, 4) is 28.9 Å². The lowest BCUT2D eigenvalue weighted by atomic mass is 10.1. The van der Waals surface area contributed by atoms with Gasteiger partial charge in [0.1, 0.15) is 29.0 Å². The number of nitrogens with two attached hydrogens (primary N) is 1. The Morgan fingerprint density at radius 1 is 1.14 bits per heavy atom. The minimum Gasteiger partial charge on any atom is -0.496 e. The molecular formula is C22H18FN5O. The van der Waals surface area contributed by atoms with Gasteiger partial charge in [0.15, 0.2) is 11.5 Å². The average Bonchev–Trinajstić information content (AvgIpc) is 2.99. The molecule has 2 aromatic carbocycles. The number of hydrogen-bond acceptors (Lipinski definition) is 5. The zero-order valence-corrected chi connectivity index (χ0v) is 16.2. The van der Waals surface area contributed by atoms with Crippen LogP contribution in [0.25, 0.3) is 28.1 Å². The number of ether oxygens (including phenoxy) is 1. The monoisotopic (exact) mass is 387 g/mol. The predicted octanol–water partition coefficient (Wildman–Crippen LogP) is 4.31. The van der Waals surface area contributed by atoms with Crippen molar-refractivity contribution < 1.29 is 9.13 Å². The fourth-order valence-electron chi connectivity index (χ4n) is 3.55. The Hall–Kier alpha value is -3.92. The molecule has 2 heterocycles. The number of hydrogen-bond donors (Lipinski definition) is 1. The third-order valence-corrected chi connectivity index (χ3v) is 4.99. The molecule has 0 radical (unpaired) electrons. The first-order valence-corrected chi connectivity index (χ1v) is 8.93. The summed E-state index contributed by atoms with van der Waals surface area (Å²) in [5.74, 6) is 1.07. The van der Waals surface area contributed by atoms with Crippen molar-refractivity contribution in [2.75, 3.05) is 12.8 Å². The van der Waals surface area contributed by atoms with E-state index in [1.165, 1.54) is 12.1 Å². The number of benzene rings is 2. The molecule has 0 atom stereocenters. The molecule has 0 bridgehead atoms. The van der Waals surface area contributed by atoms with Gasteiger partial charge in [-0.05, 0) is 49.7 Å². The van der Waals surface area contributed by atoms with Crippen molar-refractivity contribution in [1.29, 1.82) is 5.26 Å². The van der Waals surface area contributed by atoms with E-state index in [4.69, 9.17) is 10.5 Å². The normalized spacial score (nSPS) is 10.9. The molecule has 144 valence electrons. The van der Waals surface area contributed by atoms with Gasteiger partial charge in [0.05, 0.1) is 18.2 Å². The van der Waals surface area contributed by atoms with Gasteiger partial charge < -0.3 is 10.5 Å². The summed E-state index contributed by atoms with van der Waals surface area (Å²) in [4.78, 5) is 9.04. The average molecular weight is 387 g/mol. The van der Waals surface area contributed by atoms with E-state index >= 15 is 0 Å². The van der Waals surface area contributed by atoms with E-state index in [0.717, 1.165) is 16.8 Å². The summed E-state index contributed by atoms with van der Waals surface area (Å²) in [7, 11) is 1.61. The first-order chi connectivity index (χ1) is 14.0. The molecule has 6 nitrogen and oxygen atoms in total. The van der Waals surface area contributed by atoms with E-state index in [9.17, 15) is 9.65 Å². The molecule has 0 saturated carbocycles. The second kappa shape index (κ2) is 6.91. The summed E-state index contributed by atoms with van der Waals surface area (Å²) in [6, 6.07) is 11.9. The number of fused-ring (bicyclic) bond motifs is 1. The quantitative estimate of drug-likeness (QED) is 0.566. The Labute approximate surface area is 167 Å². The Morgan fingerprint density at radius 2 is 1.86 bits per heavy atom. The number of aromatic nitrogens is 3. The maximum absolute atomic E-state index is 13.3. The Kier molecular flexibility index (Phi) is 4.40. The smallest absolute Gasteiger partial charge is 0.161 e. The van der Waals surface area contributed by atoms with E-state index in [0.29, 0.717) is 33.7 Å². The van der Waals surface area contributed by atoms with Crippen molar-refractivity contribution in [3.05, 3.63) is 65.1 Å². The summed E-state index contributed by atoms with van der Waals surface area (Å²) in [5, 5.41) is 10.2. The number of nitrogen functional groups attached to an aromatic ring is 1. The number of nitriles is 1. The molecule has 2 aromatic heterocycles. The minimum atomic E-state index is -0.336. The highest BCUT2D eigenvalue weighted by Crippen LogP contribution is 2.36. The molecule has 4 aromatic rings. The molecule has 0 aliphatic rings. The molecule has 0 unspecified atom stereocenters. The summed E-state index contributed by atoms with van der Waals surface area (Å²) < 4.78 is 20.5. The van der Waals surface area contributed by atoms with Gasteiger partial charge in [0.2, 0.25) is 0 Å². The van der Waals surface area contributed by atoms with Gasteiger partial charge in [-0.2, -0.15) is 5.26 Å². The summed E-state index contributed by atoms with van der Waals surface area (Å²) in [6.45, 7) is 3.89. The SMILES string of the molecule is COc1ccc(C)c(-n2c(N)c(C#N)c3cnc(-c4ccc(F)cc4)nc32)c1C. The van der Waals surface area contributed by atoms with Crippen molar-refractivity contribution in [2.24, 2.45) is 0 Å². The zero-order chi connectivity index (χ0) is 20.7.